The van der Waals surface area contributed by atoms with Crippen molar-refractivity contribution in [1.29, 1.82) is 0 Å². The maximum atomic E-state index is 13.0. The van der Waals surface area contributed by atoms with Crippen LogP contribution in [0, 0.1) is 5.92 Å². The molecule has 3 saturated heterocycles. The van der Waals surface area contributed by atoms with Gasteiger partial charge in [0.1, 0.15) is 5.60 Å². The third-order valence-electron chi connectivity index (χ3n) is 8.34. The predicted molar refractivity (Wildman–Crippen MR) is 144 cm³/mol. The van der Waals surface area contributed by atoms with Crippen molar-refractivity contribution in [3.8, 4) is 0 Å². The normalized spacial score (nSPS) is 25.8. The van der Waals surface area contributed by atoms with E-state index in [1.54, 1.807) is 0 Å². The maximum Gasteiger partial charge on any atom is 0.152 e. The van der Waals surface area contributed by atoms with Crippen molar-refractivity contribution in [2.75, 3.05) is 24.5 Å². The van der Waals surface area contributed by atoms with Crippen molar-refractivity contribution in [3.63, 3.8) is 0 Å². The molecule has 1 aromatic carbocycles. The predicted octanol–water partition coefficient (Wildman–Crippen LogP) is 4.02. The summed E-state index contributed by atoms with van der Waals surface area (Å²) in [7, 11) is 0. The molecule has 3 N–H and O–H groups in total. The van der Waals surface area contributed by atoms with E-state index in [9.17, 15) is 9.90 Å². The molecule has 0 amide bonds. The zero-order valence-corrected chi connectivity index (χ0v) is 21.9. The van der Waals surface area contributed by atoms with E-state index in [1.807, 2.05) is 20.8 Å². The number of benzene rings is 1. The minimum absolute atomic E-state index is 0.0582. The van der Waals surface area contributed by atoms with Crippen LogP contribution in [0.15, 0.2) is 41.5 Å². The van der Waals surface area contributed by atoms with Gasteiger partial charge in [-0.2, -0.15) is 0 Å². The number of ketones is 1. The fourth-order valence-corrected chi connectivity index (χ4v) is 6.13. The Labute approximate surface area is 211 Å². The molecule has 35 heavy (non-hydrogen) atoms. The number of rotatable bonds is 10. The molecule has 1 aromatic rings. The highest BCUT2D eigenvalue weighted by atomic mass is 16.3. The Hall–Kier alpha value is -2.02. The summed E-state index contributed by atoms with van der Waals surface area (Å²) in [5.74, 6) is 0.156. The Morgan fingerprint density at radius 3 is 2.43 bits per heavy atom. The van der Waals surface area contributed by atoms with Crippen molar-refractivity contribution in [3.05, 3.63) is 42.1 Å². The number of hydrogen-bond acceptors (Lipinski definition) is 6. The number of carbonyl (C=O) groups excluding carboxylic acids is 1. The van der Waals surface area contributed by atoms with Gasteiger partial charge in [0.2, 0.25) is 0 Å². The molecule has 4 unspecified atom stereocenters. The lowest BCUT2D eigenvalue weighted by atomic mass is 9.90. The van der Waals surface area contributed by atoms with Crippen molar-refractivity contribution < 1.29 is 9.90 Å². The van der Waals surface area contributed by atoms with Gasteiger partial charge in [-0.3, -0.25) is 9.79 Å². The Bertz CT molecular complexity index is 903. The molecule has 3 fully saturated rings. The van der Waals surface area contributed by atoms with Crippen LogP contribution < -0.4 is 15.5 Å². The first-order chi connectivity index (χ1) is 16.8. The number of nitrogens with zero attached hydrogens (tertiary/aromatic N) is 2. The van der Waals surface area contributed by atoms with Crippen LogP contribution in [0.1, 0.15) is 71.3 Å². The fraction of sp³-hybridized carbons (Fsp3) is 0.655. The summed E-state index contributed by atoms with van der Waals surface area (Å²) in [5, 5.41) is 17.3. The second-order valence-corrected chi connectivity index (χ2v) is 11.1. The Morgan fingerprint density at radius 2 is 1.80 bits per heavy atom. The van der Waals surface area contributed by atoms with Crippen molar-refractivity contribution >= 4 is 17.2 Å². The molecule has 4 atom stereocenters. The molecule has 2 bridgehead atoms. The highest BCUT2D eigenvalue weighted by Gasteiger charge is 2.36. The molecule has 0 aromatic heterocycles. The monoisotopic (exact) mass is 480 g/mol. The molecule has 0 radical (unpaired) electrons. The standard InChI is InChI=1S/C29H44N4O2/c1-20(18-24-8-10-27(11-9-24)33-25-6-5-7-26(33)13-12-25)28(34)22(3)31-19-21(2)32-23(4)29(35)14-16-30-17-15-29/h8-11,20,22,25-26,30-31,35H,4-7,12-19H2,1-3H3. The Balaban J connectivity index is 1.25. The molecule has 3 heterocycles. The number of aliphatic imine (C=N–C) groups is 1. The van der Waals surface area contributed by atoms with Crippen LogP contribution in [-0.4, -0.2) is 60.0 Å². The molecule has 6 heteroatoms. The lowest BCUT2D eigenvalue weighted by Gasteiger charge is -2.37. The zero-order chi connectivity index (χ0) is 25.0. The third kappa shape index (κ3) is 6.22. The van der Waals surface area contributed by atoms with Gasteiger partial charge in [-0.05, 0) is 96.0 Å². The molecule has 6 nitrogen and oxygen atoms in total. The number of aliphatic hydroxyl groups is 1. The third-order valence-corrected chi connectivity index (χ3v) is 8.34. The van der Waals surface area contributed by atoms with Gasteiger partial charge >= 0.3 is 0 Å². The number of nitrogens with one attached hydrogen (secondary N) is 2. The minimum Gasteiger partial charge on any atom is -0.383 e. The van der Waals surface area contributed by atoms with Crippen molar-refractivity contribution in [2.45, 2.75) is 95.9 Å². The van der Waals surface area contributed by atoms with Crippen LogP contribution in [0.4, 0.5) is 5.69 Å². The number of hydrogen-bond donors (Lipinski definition) is 3. The van der Waals surface area contributed by atoms with Gasteiger partial charge in [0, 0.05) is 35.9 Å². The minimum atomic E-state index is -0.925. The summed E-state index contributed by atoms with van der Waals surface area (Å²) in [6, 6.07) is 10.1. The smallest absolute Gasteiger partial charge is 0.152 e. The second-order valence-electron chi connectivity index (χ2n) is 11.1. The van der Waals surface area contributed by atoms with E-state index < -0.39 is 5.60 Å². The molecule has 3 aliphatic rings. The van der Waals surface area contributed by atoms with E-state index in [-0.39, 0.29) is 17.7 Å². The van der Waals surface area contributed by atoms with Crippen LogP contribution in [-0.2, 0) is 11.2 Å². The van der Waals surface area contributed by atoms with Crippen molar-refractivity contribution in [2.24, 2.45) is 10.9 Å². The van der Waals surface area contributed by atoms with Crippen LogP contribution in [0.5, 0.6) is 0 Å². The van der Waals surface area contributed by atoms with Gasteiger partial charge in [-0.1, -0.05) is 25.6 Å². The number of Topliss-reactive ketones (excluding diaryl/α,β-unsaturated/α-hetero) is 1. The SMILES string of the molecule is C=C(N=C(C)CNC(C)C(=O)C(C)Cc1ccc(N2C3CCCC2CC3)cc1)C1(O)CCNCC1. The topological polar surface area (TPSA) is 77.0 Å². The van der Waals surface area contributed by atoms with Gasteiger partial charge in [-0.25, -0.2) is 0 Å². The summed E-state index contributed by atoms with van der Waals surface area (Å²) >= 11 is 0. The van der Waals surface area contributed by atoms with Crippen LogP contribution in [0.3, 0.4) is 0 Å². The number of fused-ring (bicyclic) bond motifs is 2. The first-order valence-electron chi connectivity index (χ1n) is 13.6. The first-order valence-corrected chi connectivity index (χ1v) is 13.6. The molecular weight excluding hydrogens is 436 g/mol. The molecule has 192 valence electrons. The largest absolute Gasteiger partial charge is 0.383 e. The molecule has 0 aliphatic carbocycles. The lowest BCUT2D eigenvalue weighted by molar-refractivity contribution is -0.123. The van der Waals surface area contributed by atoms with E-state index in [2.05, 4.69) is 51.4 Å². The van der Waals surface area contributed by atoms with Gasteiger partial charge in [-0.15, -0.1) is 0 Å². The van der Waals surface area contributed by atoms with Crippen LogP contribution in [0.25, 0.3) is 0 Å². The number of carbonyl (C=O) groups is 1. The van der Waals surface area contributed by atoms with Crippen molar-refractivity contribution in [1.82, 2.24) is 10.6 Å². The average Bonchev–Trinajstić information content (AvgIpc) is 3.10. The summed E-state index contributed by atoms with van der Waals surface area (Å²) in [4.78, 5) is 20.2. The van der Waals surface area contributed by atoms with Gasteiger partial charge in [0.15, 0.2) is 5.78 Å². The van der Waals surface area contributed by atoms with Gasteiger partial charge < -0.3 is 20.6 Å². The lowest BCUT2D eigenvalue weighted by Crippen LogP contribution is -2.43. The maximum absolute atomic E-state index is 13.0. The summed E-state index contributed by atoms with van der Waals surface area (Å²) in [6.45, 7) is 11.9. The van der Waals surface area contributed by atoms with E-state index in [1.165, 1.54) is 43.4 Å². The first kappa shape index (κ1) is 26.1. The van der Waals surface area contributed by atoms with E-state index in [4.69, 9.17) is 0 Å². The Morgan fingerprint density at radius 1 is 1.17 bits per heavy atom. The van der Waals surface area contributed by atoms with E-state index >= 15 is 0 Å². The second kappa shape index (κ2) is 11.4. The van der Waals surface area contributed by atoms with Crippen LogP contribution >= 0.6 is 0 Å². The highest BCUT2D eigenvalue weighted by Crippen LogP contribution is 2.39. The average molecular weight is 481 g/mol. The van der Waals surface area contributed by atoms with Gasteiger partial charge in [0.05, 0.1) is 11.7 Å². The van der Waals surface area contributed by atoms with E-state index in [0.29, 0.717) is 25.1 Å². The van der Waals surface area contributed by atoms with Crippen LogP contribution in [0.2, 0.25) is 0 Å². The summed E-state index contributed by atoms with van der Waals surface area (Å²) in [6.07, 6.45) is 8.69. The quantitative estimate of drug-likeness (QED) is 0.441. The number of anilines is 1. The molecule has 0 saturated carbocycles. The summed E-state index contributed by atoms with van der Waals surface area (Å²) < 4.78 is 0. The van der Waals surface area contributed by atoms with Gasteiger partial charge in [0.25, 0.3) is 0 Å². The fourth-order valence-electron chi connectivity index (χ4n) is 6.13. The molecule has 0 spiro atoms. The number of piperidine rings is 2. The summed E-state index contributed by atoms with van der Waals surface area (Å²) in [5.41, 5.74) is 2.99. The van der Waals surface area contributed by atoms with E-state index in [0.717, 1.165) is 37.3 Å². The Kier molecular flexibility index (Phi) is 8.46. The zero-order valence-electron chi connectivity index (χ0n) is 21.9. The highest BCUT2D eigenvalue weighted by molar-refractivity contribution is 5.88. The molecule has 4 rings (SSSR count). The molecular formula is C29H44N4O2. The molecule has 3 aliphatic heterocycles.